The Morgan fingerprint density at radius 3 is 2.27 bits per heavy atom. The number of hydrogen-bond donors (Lipinski definition) is 1. The molecule has 1 aromatic carbocycles. The van der Waals surface area contributed by atoms with Gasteiger partial charge in [0.1, 0.15) is 5.70 Å². The molecule has 0 saturated carbocycles. The normalized spacial score (nSPS) is 13.5. The van der Waals surface area contributed by atoms with Gasteiger partial charge in [-0.2, -0.15) is 0 Å². The van der Waals surface area contributed by atoms with Gasteiger partial charge in [0.25, 0.3) is 0 Å². The zero-order valence-electron chi connectivity index (χ0n) is 13.7. The summed E-state index contributed by atoms with van der Waals surface area (Å²) >= 11 is 6.56. The first kappa shape index (κ1) is 19.9. The van der Waals surface area contributed by atoms with E-state index in [-0.39, 0.29) is 22.5 Å². The van der Waals surface area contributed by atoms with Crippen LogP contribution in [0, 0.1) is 0 Å². The number of esters is 2. The lowest BCUT2D eigenvalue weighted by atomic mass is 10.1. The lowest BCUT2D eigenvalue weighted by Crippen LogP contribution is -2.28. The molecule has 136 valence electrons. The van der Waals surface area contributed by atoms with Crippen LogP contribution in [0.4, 0.5) is 5.69 Å². The molecule has 0 bridgehead atoms. The minimum absolute atomic E-state index is 0.0736. The Morgan fingerprint density at radius 2 is 1.69 bits per heavy atom. The van der Waals surface area contributed by atoms with Crippen LogP contribution >= 0.6 is 31.9 Å². The number of hydrogen-bond acceptors (Lipinski definition) is 6. The first-order chi connectivity index (χ1) is 12.3. The predicted molar refractivity (Wildman–Crippen MR) is 101 cm³/mol. The number of ether oxygens (including phenoxy) is 2. The van der Waals surface area contributed by atoms with Crippen molar-refractivity contribution in [1.29, 1.82) is 0 Å². The molecule has 0 radical (unpaired) electrons. The lowest BCUT2D eigenvalue weighted by molar-refractivity contribution is -0.139. The van der Waals surface area contributed by atoms with Crippen LogP contribution in [0.3, 0.4) is 0 Å². The van der Waals surface area contributed by atoms with Gasteiger partial charge in [0.2, 0.25) is 0 Å². The third-order valence-corrected chi connectivity index (χ3v) is 4.45. The average molecular weight is 487 g/mol. The summed E-state index contributed by atoms with van der Waals surface area (Å²) in [6, 6.07) is 3.02. The summed E-state index contributed by atoms with van der Waals surface area (Å²) in [5.41, 5.74) is -0.184. The van der Waals surface area contributed by atoms with E-state index >= 15 is 0 Å². The van der Waals surface area contributed by atoms with E-state index in [1.54, 1.807) is 12.1 Å². The second-order valence-electron chi connectivity index (χ2n) is 4.91. The van der Waals surface area contributed by atoms with E-state index in [0.29, 0.717) is 8.95 Å². The molecule has 1 aromatic rings. The molecule has 0 spiro atoms. The fraction of sp³-hybridized carbons (Fsp3) is 0.118. The van der Waals surface area contributed by atoms with E-state index in [1.165, 1.54) is 36.4 Å². The first-order valence-electron chi connectivity index (χ1n) is 7.09. The van der Waals surface area contributed by atoms with Crippen molar-refractivity contribution >= 4 is 55.5 Å². The van der Waals surface area contributed by atoms with Crippen LogP contribution in [0.15, 0.2) is 56.8 Å². The molecule has 0 unspecified atom stereocenters. The molecule has 1 N–H and O–H groups in total. The lowest BCUT2D eigenvalue weighted by Gasteiger charge is -2.25. The summed E-state index contributed by atoms with van der Waals surface area (Å²) < 4.78 is 10.5. The minimum atomic E-state index is -1.21. The number of nitrogens with zero attached hydrogens (tertiary/aromatic N) is 1. The van der Waals surface area contributed by atoms with Crippen LogP contribution in [0.5, 0.6) is 0 Å². The van der Waals surface area contributed by atoms with Gasteiger partial charge in [-0.25, -0.2) is 14.4 Å². The number of carboxylic acid groups (broad SMARTS) is 1. The first-order valence-corrected chi connectivity index (χ1v) is 8.67. The van der Waals surface area contributed by atoms with Crippen molar-refractivity contribution < 1.29 is 29.0 Å². The SMILES string of the molecule is COC(=O)C1=C(C(=O)OC)N(c2c(Br)cc(Br)cc2C(=O)O)C=CC=C1. The zero-order valence-corrected chi connectivity index (χ0v) is 16.8. The fourth-order valence-electron chi connectivity index (χ4n) is 2.31. The van der Waals surface area contributed by atoms with Crippen LogP contribution < -0.4 is 4.90 Å². The molecule has 26 heavy (non-hydrogen) atoms. The van der Waals surface area contributed by atoms with Gasteiger partial charge in [-0.1, -0.05) is 22.0 Å². The topological polar surface area (TPSA) is 93.1 Å². The van der Waals surface area contributed by atoms with E-state index in [9.17, 15) is 19.5 Å². The average Bonchev–Trinajstić information content (AvgIpc) is 2.82. The van der Waals surface area contributed by atoms with E-state index in [0.717, 1.165) is 7.11 Å². The molecule has 1 heterocycles. The van der Waals surface area contributed by atoms with Crippen molar-refractivity contribution in [2.45, 2.75) is 0 Å². The van der Waals surface area contributed by atoms with Gasteiger partial charge in [0.05, 0.1) is 31.0 Å². The third-order valence-electron chi connectivity index (χ3n) is 3.39. The Kier molecular flexibility index (Phi) is 6.38. The van der Waals surface area contributed by atoms with Gasteiger partial charge in [0.15, 0.2) is 0 Å². The van der Waals surface area contributed by atoms with Crippen LogP contribution in [-0.2, 0) is 19.1 Å². The molecule has 2 rings (SSSR count). The highest BCUT2D eigenvalue weighted by Gasteiger charge is 2.31. The van der Waals surface area contributed by atoms with Crippen molar-refractivity contribution in [3.63, 3.8) is 0 Å². The summed E-state index contributed by atoms with van der Waals surface area (Å²) in [7, 11) is 2.34. The molecule has 9 heteroatoms. The summed E-state index contributed by atoms with van der Waals surface area (Å²) in [6.45, 7) is 0. The number of carbonyl (C=O) groups excluding carboxylic acids is 2. The van der Waals surface area contributed by atoms with Gasteiger partial charge in [-0.15, -0.1) is 0 Å². The van der Waals surface area contributed by atoms with E-state index in [4.69, 9.17) is 9.47 Å². The van der Waals surface area contributed by atoms with E-state index in [2.05, 4.69) is 31.9 Å². The molecular formula is C17H13Br2NO6. The summed E-state index contributed by atoms with van der Waals surface area (Å²) in [6.07, 6.45) is 5.93. The Morgan fingerprint density at radius 1 is 1.04 bits per heavy atom. The second kappa shape index (κ2) is 8.33. The molecule has 1 aliphatic heterocycles. The number of benzene rings is 1. The maximum Gasteiger partial charge on any atom is 0.355 e. The second-order valence-corrected chi connectivity index (χ2v) is 6.68. The Labute approximate surface area is 165 Å². The maximum absolute atomic E-state index is 12.4. The highest BCUT2D eigenvalue weighted by Crippen LogP contribution is 2.37. The maximum atomic E-state index is 12.4. The van der Waals surface area contributed by atoms with Crippen LogP contribution in [0.2, 0.25) is 0 Å². The van der Waals surface area contributed by atoms with Crippen LogP contribution in [0.1, 0.15) is 10.4 Å². The Balaban J connectivity index is 2.84. The number of rotatable bonds is 4. The minimum Gasteiger partial charge on any atom is -0.478 e. The molecule has 0 saturated heterocycles. The zero-order chi connectivity index (χ0) is 19.4. The van der Waals surface area contributed by atoms with Gasteiger partial charge in [-0.05, 0) is 40.2 Å². The number of methoxy groups -OCH3 is 2. The molecule has 0 aliphatic carbocycles. The van der Waals surface area contributed by atoms with Crippen LogP contribution in [-0.4, -0.2) is 37.2 Å². The predicted octanol–water partition coefficient (Wildman–Crippen LogP) is 3.40. The number of allylic oxidation sites excluding steroid dienone is 2. The smallest absolute Gasteiger partial charge is 0.355 e. The summed E-state index contributed by atoms with van der Waals surface area (Å²) in [4.78, 5) is 37.6. The quantitative estimate of drug-likeness (QED) is 0.652. The van der Waals surface area contributed by atoms with Crippen LogP contribution in [0.25, 0.3) is 0 Å². The van der Waals surface area contributed by atoms with Crippen molar-refractivity contribution in [1.82, 2.24) is 0 Å². The number of carbonyl (C=O) groups is 3. The largest absolute Gasteiger partial charge is 0.478 e. The number of aromatic carboxylic acids is 1. The Bertz CT molecular complexity index is 872. The standard InChI is InChI=1S/C17H13Br2NO6/c1-25-16(23)10-5-3-4-6-20(14(10)17(24)26-2)13-11(15(21)22)7-9(18)8-12(13)19/h3-8H,1-2H3,(H,21,22). The molecule has 0 amide bonds. The van der Waals surface area contributed by atoms with Gasteiger partial charge >= 0.3 is 17.9 Å². The van der Waals surface area contributed by atoms with Crippen molar-refractivity contribution in [3.8, 4) is 0 Å². The molecule has 1 aliphatic rings. The molecule has 7 nitrogen and oxygen atoms in total. The molecular weight excluding hydrogens is 474 g/mol. The molecule has 0 fully saturated rings. The summed E-state index contributed by atoms with van der Waals surface area (Å²) in [5.74, 6) is -2.80. The fourth-order valence-corrected chi connectivity index (χ4v) is 3.73. The van der Waals surface area contributed by atoms with Gasteiger partial charge in [-0.3, -0.25) is 0 Å². The third kappa shape index (κ3) is 3.88. The van der Waals surface area contributed by atoms with Gasteiger partial charge in [0, 0.05) is 15.1 Å². The Hall–Kier alpha value is -2.39. The summed E-state index contributed by atoms with van der Waals surface area (Å²) in [5, 5.41) is 9.59. The molecule has 0 aromatic heterocycles. The highest BCUT2D eigenvalue weighted by molar-refractivity contribution is 9.11. The number of anilines is 1. The highest BCUT2D eigenvalue weighted by atomic mass is 79.9. The van der Waals surface area contributed by atoms with E-state index in [1.807, 2.05) is 0 Å². The monoisotopic (exact) mass is 485 g/mol. The van der Waals surface area contributed by atoms with Crippen molar-refractivity contribution in [2.24, 2.45) is 0 Å². The van der Waals surface area contributed by atoms with Gasteiger partial charge < -0.3 is 19.5 Å². The molecule has 0 atom stereocenters. The van der Waals surface area contributed by atoms with Crippen molar-refractivity contribution in [2.75, 3.05) is 19.1 Å². The van der Waals surface area contributed by atoms with E-state index < -0.39 is 17.9 Å². The van der Waals surface area contributed by atoms with Crippen molar-refractivity contribution in [3.05, 3.63) is 62.3 Å². The number of carboxylic acids is 1. The number of halogens is 2.